The van der Waals surface area contributed by atoms with Crippen molar-refractivity contribution < 1.29 is 0 Å². The van der Waals surface area contributed by atoms with Crippen LogP contribution in [0.3, 0.4) is 0 Å². The van der Waals surface area contributed by atoms with Crippen molar-refractivity contribution in [2.45, 2.75) is 33.6 Å². The maximum absolute atomic E-state index is 5.62. The molecule has 1 aromatic heterocycles. The van der Waals surface area contributed by atoms with Gasteiger partial charge in [-0.25, -0.2) is 9.97 Å². The zero-order chi connectivity index (χ0) is 10.0. The minimum atomic E-state index is 0.348. The van der Waals surface area contributed by atoms with E-state index in [1.54, 1.807) is 0 Å². The van der Waals surface area contributed by atoms with Crippen LogP contribution in [0, 0.1) is 20.8 Å². The minimum absolute atomic E-state index is 0.348. The Morgan fingerprint density at radius 1 is 1.15 bits per heavy atom. The van der Waals surface area contributed by atoms with Crippen molar-refractivity contribution >= 4 is 0 Å². The quantitative estimate of drug-likeness (QED) is 0.747. The van der Waals surface area contributed by atoms with Gasteiger partial charge in [0.2, 0.25) is 0 Å². The molecule has 2 N–H and O–H groups in total. The van der Waals surface area contributed by atoms with Gasteiger partial charge in [0.05, 0.1) is 0 Å². The van der Waals surface area contributed by atoms with E-state index in [9.17, 15) is 0 Å². The van der Waals surface area contributed by atoms with E-state index in [1.165, 1.54) is 5.56 Å². The number of nitrogens with zero attached hydrogens (tertiary/aromatic N) is 2. The lowest BCUT2D eigenvalue weighted by molar-refractivity contribution is 0.737. The largest absolute Gasteiger partial charge is 0.330 e. The van der Waals surface area contributed by atoms with Crippen molar-refractivity contribution in [3.63, 3.8) is 0 Å². The summed E-state index contributed by atoms with van der Waals surface area (Å²) in [4.78, 5) is 8.67. The van der Waals surface area contributed by atoms with Gasteiger partial charge in [-0.2, -0.15) is 0 Å². The lowest BCUT2D eigenvalue weighted by atomic mass is 9.98. The highest BCUT2D eigenvalue weighted by Gasteiger charge is 2.12. The molecule has 0 radical (unpaired) electrons. The van der Waals surface area contributed by atoms with E-state index in [0.717, 1.165) is 17.2 Å². The van der Waals surface area contributed by atoms with E-state index in [0.29, 0.717) is 12.5 Å². The molecule has 0 aliphatic carbocycles. The average Bonchev–Trinajstić information content (AvgIpc) is 2.02. The molecule has 1 heterocycles. The highest BCUT2D eigenvalue weighted by atomic mass is 14.9. The fraction of sp³-hybridized carbons (Fsp3) is 0.600. The smallest absolute Gasteiger partial charge is 0.125 e. The number of aryl methyl sites for hydroxylation is 3. The predicted octanol–water partition coefficient (Wildman–Crippen LogP) is 1.46. The zero-order valence-electron chi connectivity index (χ0n) is 8.76. The predicted molar refractivity (Wildman–Crippen MR) is 53.7 cm³/mol. The molecule has 3 heteroatoms. The van der Waals surface area contributed by atoms with E-state index >= 15 is 0 Å². The van der Waals surface area contributed by atoms with Crippen LogP contribution in [-0.2, 0) is 0 Å². The van der Waals surface area contributed by atoms with Crippen LogP contribution < -0.4 is 5.73 Å². The van der Waals surface area contributed by atoms with Gasteiger partial charge in [0, 0.05) is 11.4 Å². The second-order valence-corrected chi connectivity index (χ2v) is 3.49. The first kappa shape index (κ1) is 10.1. The number of nitrogens with two attached hydrogens (primary N) is 1. The average molecular weight is 179 g/mol. The van der Waals surface area contributed by atoms with Crippen molar-refractivity contribution in [2.75, 3.05) is 6.54 Å². The monoisotopic (exact) mass is 179 g/mol. The van der Waals surface area contributed by atoms with Gasteiger partial charge in [-0.15, -0.1) is 0 Å². The van der Waals surface area contributed by atoms with Crippen LogP contribution in [0.4, 0.5) is 0 Å². The molecule has 13 heavy (non-hydrogen) atoms. The molecule has 1 unspecified atom stereocenters. The summed E-state index contributed by atoms with van der Waals surface area (Å²) in [6.45, 7) is 8.70. The van der Waals surface area contributed by atoms with Crippen molar-refractivity contribution in [3.05, 3.63) is 22.8 Å². The number of aromatic nitrogens is 2. The first-order valence-corrected chi connectivity index (χ1v) is 4.58. The minimum Gasteiger partial charge on any atom is -0.330 e. The van der Waals surface area contributed by atoms with E-state index in [2.05, 4.69) is 16.9 Å². The summed E-state index contributed by atoms with van der Waals surface area (Å²) < 4.78 is 0. The molecule has 0 aliphatic heterocycles. The van der Waals surface area contributed by atoms with Gasteiger partial charge in [-0.1, -0.05) is 6.92 Å². The third kappa shape index (κ3) is 2.04. The Morgan fingerprint density at radius 3 is 2.00 bits per heavy atom. The van der Waals surface area contributed by atoms with Crippen molar-refractivity contribution in [1.29, 1.82) is 0 Å². The topological polar surface area (TPSA) is 51.8 Å². The second-order valence-electron chi connectivity index (χ2n) is 3.49. The lowest BCUT2D eigenvalue weighted by Crippen LogP contribution is -2.14. The van der Waals surface area contributed by atoms with Crippen LogP contribution in [0.1, 0.15) is 35.6 Å². The molecule has 0 aromatic carbocycles. The van der Waals surface area contributed by atoms with Gasteiger partial charge in [0.25, 0.3) is 0 Å². The molecular formula is C10H17N3. The number of rotatable bonds is 2. The molecule has 0 saturated carbocycles. The molecule has 0 saturated heterocycles. The molecular weight excluding hydrogens is 162 g/mol. The van der Waals surface area contributed by atoms with E-state index in [4.69, 9.17) is 5.73 Å². The van der Waals surface area contributed by atoms with Crippen LogP contribution in [0.25, 0.3) is 0 Å². The van der Waals surface area contributed by atoms with Crippen LogP contribution in [-0.4, -0.2) is 16.5 Å². The lowest BCUT2D eigenvalue weighted by Gasteiger charge is -2.14. The summed E-state index contributed by atoms with van der Waals surface area (Å²) in [5.41, 5.74) is 8.94. The Kier molecular flexibility index (Phi) is 2.98. The summed E-state index contributed by atoms with van der Waals surface area (Å²) in [5.74, 6) is 1.18. The number of hydrogen-bond acceptors (Lipinski definition) is 3. The maximum atomic E-state index is 5.62. The fourth-order valence-corrected chi connectivity index (χ4v) is 1.72. The standard InChI is InChI=1S/C10H17N3/c1-6(5-11)10-7(2)12-9(4)13-8(10)3/h6H,5,11H2,1-4H3. The van der Waals surface area contributed by atoms with Gasteiger partial charge >= 0.3 is 0 Å². The third-order valence-electron chi connectivity index (χ3n) is 2.28. The number of hydrogen-bond donors (Lipinski definition) is 1. The van der Waals surface area contributed by atoms with Crippen molar-refractivity contribution in [3.8, 4) is 0 Å². The first-order valence-electron chi connectivity index (χ1n) is 4.58. The van der Waals surface area contributed by atoms with Gasteiger partial charge < -0.3 is 5.73 Å². The Labute approximate surface area is 79.4 Å². The van der Waals surface area contributed by atoms with Crippen molar-refractivity contribution in [1.82, 2.24) is 9.97 Å². The summed E-state index contributed by atoms with van der Waals surface area (Å²) in [5, 5.41) is 0. The first-order chi connectivity index (χ1) is 6.06. The summed E-state index contributed by atoms with van der Waals surface area (Å²) in [7, 11) is 0. The van der Waals surface area contributed by atoms with Gasteiger partial charge in [-0.3, -0.25) is 0 Å². The van der Waals surface area contributed by atoms with Crippen molar-refractivity contribution in [2.24, 2.45) is 5.73 Å². The Balaban J connectivity index is 3.20. The Morgan fingerprint density at radius 2 is 1.62 bits per heavy atom. The molecule has 0 bridgehead atoms. The van der Waals surface area contributed by atoms with Gasteiger partial charge in [0.1, 0.15) is 5.82 Å². The van der Waals surface area contributed by atoms with Gasteiger partial charge in [-0.05, 0) is 38.8 Å². The SMILES string of the molecule is Cc1nc(C)c(C(C)CN)c(C)n1. The van der Waals surface area contributed by atoms with Crippen LogP contribution in [0.15, 0.2) is 0 Å². The third-order valence-corrected chi connectivity index (χ3v) is 2.28. The van der Waals surface area contributed by atoms with E-state index in [-0.39, 0.29) is 0 Å². The highest BCUT2D eigenvalue weighted by molar-refractivity contribution is 5.27. The van der Waals surface area contributed by atoms with Crippen LogP contribution in [0.2, 0.25) is 0 Å². The van der Waals surface area contributed by atoms with E-state index < -0.39 is 0 Å². The molecule has 72 valence electrons. The maximum Gasteiger partial charge on any atom is 0.125 e. The molecule has 0 fully saturated rings. The summed E-state index contributed by atoms with van der Waals surface area (Å²) >= 11 is 0. The van der Waals surface area contributed by atoms with Crippen LogP contribution >= 0.6 is 0 Å². The Hall–Kier alpha value is -0.960. The van der Waals surface area contributed by atoms with E-state index in [1.807, 2.05) is 20.8 Å². The van der Waals surface area contributed by atoms with Crippen LogP contribution in [0.5, 0.6) is 0 Å². The second kappa shape index (κ2) is 3.83. The molecule has 0 amide bonds. The molecule has 1 rings (SSSR count). The molecule has 3 nitrogen and oxygen atoms in total. The molecule has 0 spiro atoms. The van der Waals surface area contributed by atoms with Gasteiger partial charge in [0.15, 0.2) is 0 Å². The normalized spacial score (nSPS) is 13.0. The molecule has 1 atom stereocenters. The highest BCUT2D eigenvalue weighted by Crippen LogP contribution is 2.19. The zero-order valence-corrected chi connectivity index (χ0v) is 8.76. The fourth-order valence-electron chi connectivity index (χ4n) is 1.72. The Bertz CT molecular complexity index is 284. The summed E-state index contributed by atoms with van der Waals surface area (Å²) in [6, 6.07) is 0. The summed E-state index contributed by atoms with van der Waals surface area (Å²) in [6.07, 6.45) is 0. The molecule has 0 aliphatic rings. The molecule has 1 aromatic rings.